The monoisotopic (exact) mass is 307 g/mol. The molecule has 2 aromatic rings. The van der Waals surface area contributed by atoms with Crippen LogP contribution in [0.3, 0.4) is 0 Å². The van der Waals surface area contributed by atoms with Crippen molar-refractivity contribution in [2.75, 3.05) is 12.4 Å². The molecule has 0 aliphatic carbocycles. The maximum Gasteiger partial charge on any atom is 0.339 e. The topological polar surface area (TPSA) is 56.1 Å². The molecule has 0 radical (unpaired) electrons. The predicted octanol–water partition coefficient (Wildman–Crippen LogP) is 3.52. The van der Waals surface area contributed by atoms with E-state index >= 15 is 0 Å². The van der Waals surface area contributed by atoms with Crippen molar-refractivity contribution >= 4 is 23.3 Å². The minimum atomic E-state index is -0.448. The molecule has 0 aliphatic heterocycles. The SMILES string of the molecule is COC(=O)c1cc(NCc2cnn(C(C)C)c2)ccc1Cl. The van der Waals surface area contributed by atoms with Crippen LogP contribution in [-0.4, -0.2) is 22.9 Å². The van der Waals surface area contributed by atoms with Gasteiger partial charge < -0.3 is 10.1 Å². The number of carbonyl (C=O) groups is 1. The number of benzene rings is 1. The minimum Gasteiger partial charge on any atom is -0.465 e. The molecule has 0 fully saturated rings. The Morgan fingerprint density at radius 3 is 2.86 bits per heavy atom. The molecule has 0 atom stereocenters. The highest BCUT2D eigenvalue weighted by molar-refractivity contribution is 6.33. The first-order chi connectivity index (χ1) is 10.0. The third-order valence-electron chi connectivity index (χ3n) is 3.05. The zero-order valence-corrected chi connectivity index (χ0v) is 13.0. The van der Waals surface area contributed by atoms with E-state index < -0.39 is 5.97 Å². The summed E-state index contributed by atoms with van der Waals surface area (Å²) in [5.41, 5.74) is 2.22. The third kappa shape index (κ3) is 3.76. The highest BCUT2D eigenvalue weighted by Crippen LogP contribution is 2.21. The number of ether oxygens (including phenoxy) is 1. The lowest BCUT2D eigenvalue weighted by Crippen LogP contribution is -2.05. The Morgan fingerprint density at radius 1 is 1.48 bits per heavy atom. The fraction of sp³-hybridized carbons (Fsp3) is 0.333. The second-order valence-corrected chi connectivity index (χ2v) is 5.37. The smallest absolute Gasteiger partial charge is 0.339 e. The number of hydrogen-bond acceptors (Lipinski definition) is 4. The zero-order valence-electron chi connectivity index (χ0n) is 12.3. The number of nitrogens with one attached hydrogen (secondary N) is 1. The molecule has 1 heterocycles. The molecular weight excluding hydrogens is 290 g/mol. The standard InChI is InChI=1S/C15H18ClN3O2/c1-10(2)19-9-11(8-18-19)7-17-12-4-5-14(16)13(6-12)15(20)21-3/h4-6,8-10,17H,7H2,1-3H3. The second-order valence-electron chi connectivity index (χ2n) is 4.96. The number of rotatable bonds is 5. The fourth-order valence-electron chi connectivity index (χ4n) is 1.86. The van der Waals surface area contributed by atoms with Gasteiger partial charge in [0.2, 0.25) is 0 Å². The van der Waals surface area contributed by atoms with Crippen LogP contribution >= 0.6 is 11.6 Å². The van der Waals surface area contributed by atoms with Crippen LogP contribution in [0.4, 0.5) is 5.69 Å². The van der Waals surface area contributed by atoms with Crippen LogP contribution in [0.1, 0.15) is 35.8 Å². The molecule has 1 N–H and O–H groups in total. The van der Waals surface area contributed by atoms with Gasteiger partial charge in [0.1, 0.15) is 0 Å². The number of halogens is 1. The first-order valence-electron chi connectivity index (χ1n) is 6.66. The third-order valence-corrected chi connectivity index (χ3v) is 3.38. The summed E-state index contributed by atoms with van der Waals surface area (Å²) in [4.78, 5) is 11.6. The van der Waals surface area contributed by atoms with Crippen molar-refractivity contribution in [2.24, 2.45) is 0 Å². The van der Waals surface area contributed by atoms with Crippen molar-refractivity contribution in [1.29, 1.82) is 0 Å². The van der Waals surface area contributed by atoms with Gasteiger partial charge in [0.05, 0.1) is 23.9 Å². The summed E-state index contributed by atoms with van der Waals surface area (Å²) in [6, 6.07) is 5.51. The van der Waals surface area contributed by atoms with Gasteiger partial charge in [-0.05, 0) is 32.0 Å². The molecule has 0 amide bonds. The maximum absolute atomic E-state index is 11.6. The molecule has 6 heteroatoms. The Balaban J connectivity index is 2.07. The predicted molar refractivity (Wildman–Crippen MR) is 82.7 cm³/mol. The Hall–Kier alpha value is -2.01. The number of anilines is 1. The number of methoxy groups -OCH3 is 1. The van der Waals surface area contributed by atoms with Gasteiger partial charge in [0.25, 0.3) is 0 Å². The summed E-state index contributed by atoms with van der Waals surface area (Å²) in [7, 11) is 1.33. The van der Waals surface area contributed by atoms with Gasteiger partial charge in [-0.3, -0.25) is 4.68 Å². The minimum absolute atomic E-state index is 0.334. The lowest BCUT2D eigenvalue weighted by Gasteiger charge is -2.08. The quantitative estimate of drug-likeness (QED) is 0.859. The lowest BCUT2D eigenvalue weighted by molar-refractivity contribution is 0.0601. The van der Waals surface area contributed by atoms with Crippen LogP contribution < -0.4 is 5.32 Å². The largest absolute Gasteiger partial charge is 0.465 e. The van der Waals surface area contributed by atoms with Crippen molar-refractivity contribution in [3.63, 3.8) is 0 Å². The summed E-state index contributed by atoms with van der Waals surface area (Å²) >= 11 is 5.98. The van der Waals surface area contributed by atoms with Gasteiger partial charge in [0, 0.05) is 30.0 Å². The fourth-order valence-corrected chi connectivity index (χ4v) is 2.05. The maximum atomic E-state index is 11.6. The molecule has 2 rings (SSSR count). The molecular formula is C15H18ClN3O2. The van der Waals surface area contributed by atoms with Gasteiger partial charge >= 0.3 is 5.97 Å². The number of aromatic nitrogens is 2. The van der Waals surface area contributed by atoms with E-state index in [1.54, 1.807) is 12.1 Å². The average Bonchev–Trinajstić information content (AvgIpc) is 2.94. The molecule has 112 valence electrons. The second kappa shape index (κ2) is 6.63. The molecule has 0 bridgehead atoms. The molecule has 5 nitrogen and oxygen atoms in total. The van der Waals surface area contributed by atoms with Crippen LogP contribution in [0.5, 0.6) is 0 Å². The highest BCUT2D eigenvalue weighted by Gasteiger charge is 2.11. The number of nitrogens with zero attached hydrogens (tertiary/aromatic N) is 2. The van der Waals surface area contributed by atoms with Crippen LogP contribution in [-0.2, 0) is 11.3 Å². The zero-order chi connectivity index (χ0) is 15.4. The summed E-state index contributed by atoms with van der Waals surface area (Å²) in [6.07, 6.45) is 3.82. The van der Waals surface area contributed by atoms with Gasteiger partial charge in [-0.15, -0.1) is 0 Å². The van der Waals surface area contributed by atoms with E-state index in [9.17, 15) is 4.79 Å². The molecule has 0 saturated carbocycles. The lowest BCUT2D eigenvalue weighted by atomic mass is 10.2. The Morgan fingerprint density at radius 2 is 2.24 bits per heavy atom. The molecule has 0 spiro atoms. The van der Waals surface area contributed by atoms with E-state index in [4.69, 9.17) is 16.3 Å². The van der Waals surface area contributed by atoms with Gasteiger partial charge in [-0.2, -0.15) is 5.10 Å². The van der Waals surface area contributed by atoms with E-state index in [0.717, 1.165) is 11.3 Å². The summed E-state index contributed by atoms with van der Waals surface area (Å²) < 4.78 is 6.60. The molecule has 1 aromatic carbocycles. The Labute approximate surface area is 128 Å². The Kier molecular flexibility index (Phi) is 4.85. The van der Waals surface area contributed by atoms with Crippen LogP contribution in [0.15, 0.2) is 30.6 Å². The van der Waals surface area contributed by atoms with Crippen molar-refractivity contribution < 1.29 is 9.53 Å². The van der Waals surface area contributed by atoms with E-state index in [1.165, 1.54) is 7.11 Å². The van der Waals surface area contributed by atoms with Crippen molar-refractivity contribution in [1.82, 2.24) is 9.78 Å². The molecule has 1 aromatic heterocycles. The van der Waals surface area contributed by atoms with Crippen molar-refractivity contribution in [3.8, 4) is 0 Å². The van der Waals surface area contributed by atoms with Gasteiger partial charge in [0.15, 0.2) is 0 Å². The highest BCUT2D eigenvalue weighted by atomic mass is 35.5. The van der Waals surface area contributed by atoms with Crippen LogP contribution in [0.2, 0.25) is 5.02 Å². The molecule has 0 unspecified atom stereocenters. The Bertz CT molecular complexity index is 638. The number of esters is 1. The van der Waals surface area contributed by atoms with Crippen molar-refractivity contribution in [2.45, 2.75) is 26.4 Å². The molecule has 0 aliphatic rings. The van der Waals surface area contributed by atoms with Gasteiger partial charge in [-0.25, -0.2) is 4.79 Å². The van der Waals surface area contributed by atoms with Crippen molar-refractivity contribution in [3.05, 3.63) is 46.7 Å². The van der Waals surface area contributed by atoms with E-state index in [0.29, 0.717) is 23.2 Å². The van der Waals surface area contributed by atoms with E-state index in [-0.39, 0.29) is 0 Å². The number of carbonyl (C=O) groups excluding carboxylic acids is 1. The average molecular weight is 308 g/mol. The van der Waals surface area contributed by atoms with E-state index in [2.05, 4.69) is 24.3 Å². The molecule has 21 heavy (non-hydrogen) atoms. The normalized spacial score (nSPS) is 10.7. The number of hydrogen-bond donors (Lipinski definition) is 1. The summed E-state index contributed by atoms with van der Waals surface area (Å²) in [6.45, 7) is 4.77. The van der Waals surface area contributed by atoms with E-state index in [1.807, 2.05) is 23.1 Å². The van der Waals surface area contributed by atoms with Gasteiger partial charge in [-0.1, -0.05) is 11.6 Å². The summed E-state index contributed by atoms with van der Waals surface area (Å²) in [5, 5.41) is 7.90. The summed E-state index contributed by atoms with van der Waals surface area (Å²) in [5.74, 6) is -0.448. The molecule has 0 saturated heterocycles. The first-order valence-corrected chi connectivity index (χ1v) is 7.04. The van der Waals surface area contributed by atoms with Crippen LogP contribution in [0, 0.1) is 0 Å². The van der Waals surface area contributed by atoms with Crippen LogP contribution in [0.25, 0.3) is 0 Å². The first kappa shape index (κ1) is 15.4.